The van der Waals surface area contributed by atoms with Crippen molar-refractivity contribution in [3.63, 3.8) is 0 Å². The van der Waals surface area contributed by atoms with Crippen molar-refractivity contribution in [1.82, 2.24) is 5.32 Å². The molecule has 2 N–H and O–H groups in total. The summed E-state index contributed by atoms with van der Waals surface area (Å²) in [4.78, 5) is 14.0. The van der Waals surface area contributed by atoms with Gasteiger partial charge in [-0.05, 0) is 37.6 Å². The topological polar surface area (TPSA) is 52.6 Å². The molecule has 1 saturated heterocycles. The first-order valence-electron chi connectivity index (χ1n) is 5.98. The highest BCUT2D eigenvalue weighted by Crippen LogP contribution is 2.27. The fraction of sp³-hybridized carbons (Fsp3) is 0.462. The molecule has 4 nitrogen and oxygen atoms in total. The molecule has 1 aliphatic rings. The summed E-state index contributed by atoms with van der Waals surface area (Å²) in [7, 11) is 0. The van der Waals surface area contributed by atoms with Gasteiger partial charge >= 0.3 is 0 Å². The molecular formula is C13H17ClN2O2. The predicted octanol–water partition coefficient (Wildman–Crippen LogP) is 1.33. The standard InChI is InChI=1S/C13H17ClN2O2/c1-8-5-10(14)3-4-12(8)16-9(2)6-15-11(7-17)13(16)18/h3-5,9,11,15,17H,6-7H2,1-2H3. The highest BCUT2D eigenvalue weighted by Gasteiger charge is 2.33. The molecule has 2 rings (SSSR count). The van der Waals surface area contributed by atoms with Gasteiger partial charge in [-0.3, -0.25) is 4.79 Å². The van der Waals surface area contributed by atoms with Gasteiger partial charge in [0.25, 0.3) is 0 Å². The van der Waals surface area contributed by atoms with E-state index in [-0.39, 0.29) is 18.6 Å². The van der Waals surface area contributed by atoms with E-state index in [0.29, 0.717) is 11.6 Å². The summed E-state index contributed by atoms with van der Waals surface area (Å²) in [5.41, 5.74) is 1.82. The average molecular weight is 269 g/mol. The van der Waals surface area contributed by atoms with Gasteiger partial charge in [-0.2, -0.15) is 0 Å². The van der Waals surface area contributed by atoms with E-state index in [4.69, 9.17) is 11.6 Å². The maximum Gasteiger partial charge on any atom is 0.246 e. The first-order chi connectivity index (χ1) is 8.54. The minimum Gasteiger partial charge on any atom is -0.394 e. The second-order valence-corrected chi connectivity index (χ2v) is 5.07. The summed E-state index contributed by atoms with van der Waals surface area (Å²) in [6.45, 7) is 4.39. The molecule has 1 fully saturated rings. The third kappa shape index (κ3) is 2.36. The van der Waals surface area contributed by atoms with E-state index in [9.17, 15) is 9.90 Å². The molecule has 0 spiro atoms. The first kappa shape index (κ1) is 13.3. The van der Waals surface area contributed by atoms with E-state index in [2.05, 4.69) is 5.32 Å². The van der Waals surface area contributed by atoms with Gasteiger partial charge in [0.05, 0.1) is 6.61 Å². The lowest BCUT2D eigenvalue weighted by Crippen LogP contribution is -2.61. The molecule has 1 aromatic rings. The van der Waals surface area contributed by atoms with Crippen molar-refractivity contribution in [2.24, 2.45) is 0 Å². The van der Waals surface area contributed by atoms with Crippen LogP contribution in [-0.2, 0) is 4.79 Å². The van der Waals surface area contributed by atoms with Crippen molar-refractivity contribution < 1.29 is 9.90 Å². The number of piperazine rings is 1. The molecule has 2 atom stereocenters. The van der Waals surface area contributed by atoms with Crippen molar-refractivity contribution in [3.8, 4) is 0 Å². The largest absolute Gasteiger partial charge is 0.394 e. The van der Waals surface area contributed by atoms with Gasteiger partial charge in [0.15, 0.2) is 0 Å². The fourth-order valence-electron chi connectivity index (χ4n) is 2.26. The Kier molecular flexibility index (Phi) is 3.90. The highest BCUT2D eigenvalue weighted by molar-refractivity contribution is 6.30. The van der Waals surface area contributed by atoms with Crippen molar-refractivity contribution in [1.29, 1.82) is 0 Å². The first-order valence-corrected chi connectivity index (χ1v) is 6.36. The van der Waals surface area contributed by atoms with E-state index in [0.717, 1.165) is 11.3 Å². The highest BCUT2D eigenvalue weighted by atomic mass is 35.5. The van der Waals surface area contributed by atoms with E-state index in [1.165, 1.54) is 0 Å². The normalized spacial score (nSPS) is 24.4. The van der Waals surface area contributed by atoms with Crippen LogP contribution in [-0.4, -0.2) is 36.2 Å². The minimum atomic E-state index is -0.517. The molecule has 5 heteroatoms. The summed E-state index contributed by atoms with van der Waals surface area (Å²) in [6.07, 6.45) is 0. The average Bonchev–Trinajstić information content (AvgIpc) is 2.32. The number of carbonyl (C=O) groups is 1. The molecule has 1 heterocycles. The zero-order valence-corrected chi connectivity index (χ0v) is 11.2. The number of nitrogens with zero attached hydrogens (tertiary/aromatic N) is 1. The zero-order valence-electron chi connectivity index (χ0n) is 10.5. The van der Waals surface area contributed by atoms with Crippen LogP contribution in [0.2, 0.25) is 5.02 Å². The number of anilines is 1. The van der Waals surface area contributed by atoms with Crippen molar-refractivity contribution in [3.05, 3.63) is 28.8 Å². The molecule has 18 heavy (non-hydrogen) atoms. The fourth-order valence-corrected chi connectivity index (χ4v) is 2.49. The number of aliphatic hydroxyl groups is 1. The SMILES string of the molecule is Cc1cc(Cl)ccc1N1C(=O)C(CO)NCC1C. The molecule has 2 unspecified atom stereocenters. The number of benzene rings is 1. The van der Waals surface area contributed by atoms with Gasteiger partial charge < -0.3 is 15.3 Å². The predicted molar refractivity (Wildman–Crippen MR) is 72.0 cm³/mol. The number of carbonyl (C=O) groups excluding carboxylic acids is 1. The summed E-state index contributed by atoms with van der Waals surface area (Å²) >= 11 is 5.93. The lowest BCUT2D eigenvalue weighted by molar-refractivity contribution is -0.123. The van der Waals surface area contributed by atoms with Crippen LogP contribution in [0.1, 0.15) is 12.5 Å². The smallest absolute Gasteiger partial charge is 0.246 e. The number of nitrogens with one attached hydrogen (secondary N) is 1. The minimum absolute atomic E-state index is 0.0557. The molecule has 98 valence electrons. The van der Waals surface area contributed by atoms with Gasteiger partial charge in [0.2, 0.25) is 5.91 Å². The quantitative estimate of drug-likeness (QED) is 0.851. The summed E-state index contributed by atoms with van der Waals surface area (Å²) in [6, 6.07) is 5.01. The zero-order chi connectivity index (χ0) is 13.3. The van der Waals surface area contributed by atoms with E-state index in [1.807, 2.05) is 26.0 Å². The maximum absolute atomic E-state index is 12.3. The van der Waals surface area contributed by atoms with Crippen LogP contribution in [0.25, 0.3) is 0 Å². The Morgan fingerprint density at radius 2 is 2.28 bits per heavy atom. The van der Waals surface area contributed by atoms with Crippen LogP contribution in [0.4, 0.5) is 5.69 Å². The van der Waals surface area contributed by atoms with Crippen LogP contribution < -0.4 is 10.2 Å². The van der Waals surface area contributed by atoms with Crippen LogP contribution in [0.5, 0.6) is 0 Å². The molecule has 0 aliphatic carbocycles. The Morgan fingerprint density at radius 1 is 1.56 bits per heavy atom. The van der Waals surface area contributed by atoms with Crippen molar-refractivity contribution >= 4 is 23.2 Å². The Hall–Kier alpha value is -1.10. The summed E-state index contributed by atoms with van der Waals surface area (Å²) in [5, 5.41) is 12.9. The molecule has 1 amide bonds. The lowest BCUT2D eigenvalue weighted by atomic mass is 10.1. The lowest BCUT2D eigenvalue weighted by Gasteiger charge is -2.38. The number of aliphatic hydroxyl groups excluding tert-OH is 1. The molecule has 0 saturated carbocycles. The summed E-state index contributed by atoms with van der Waals surface area (Å²) in [5.74, 6) is -0.0957. The van der Waals surface area contributed by atoms with E-state index >= 15 is 0 Å². The molecule has 1 aliphatic heterocycles. The van der Waals surface area contributed by atoms with Gasteiger partial charge in [-0.15, -0.1) is 0 Å². The number of rotatable bonds is 2. The molecule has 0 bridgehead atoms. The molecule has 0 radical (unpaired) electrons. The molecule has 1 aromatic carbocycles. The number of aryl methyl sites for hydroxylation is 1. The summed E-state index contributed by atoms with van der Waals surface area (Å²) < 4.78 is 0. The number of hydrogen-bond acceptors (Lipinski definition) is 3. The van der Waals surface area contributed by atoms with E-state index < -0.39 is 6.04 Å². The number of hydrogen-bond donors (Lipinski definition) is 2. The third-order valence-corrected chi connectivity index (χ3v) is 3.47. The molecular weight excluding hydrogens is 252 g/mol. The van der Waals surface area contributed by atoms with Crippen LogP contribution in [0.3, 0.4) is 0 Å². The maximum atomic E-state index is 12.3. The van der Waals surface area contributed by atoms with Gasteiger partial charge in [0.1, 0.15) is 6.04 Å². The van der Waals surface area contributed by atoms with Crippen LogP contribution in [0.15, 0.2) is 18.2 Å². The van der Waals surface area contributed by atoms with Crippen molar-refractivity contribution in [2.45, 2.75) is 25.9 Å². The Labute approximate surface area is 112 Å². The Balaban J connectivity index is 2.37. The van der Waals surface area contributed by atoms with Gasteiger partial charge in [-0.1, -0.05) is 11.6 Å². The third-order valence-electron chi connectivity index (χ3n) is 3.24. The van der Waals surface area contributed by atoms with E-state index in [1.54, 1.807) is 11.0 Å². The molecule has 0 aromatic heterocycles. The Morgan fingerprint density at radius 3 is 2.89 bits per heavy atom. The van der Waals surface area contributed by atoms with Crippen molar-refractivity contribution in [2.75, 3.05) is 18.1 Å². The Bertz CT molecular complexity index is 464. The van der Waals surface area contributed by atoms with Crippen LogP contribution >= 0.6 is 11.6 Å². The number of amides is 1. The number of halogens is 1. The second kappa shape index (κ2) is 5.26. The van der Waals surface area contributed by atoms with Crippen LogP contribution in [0, 0.1) is 6.92 Å². The monoisotopic (exact) mass is 268 g/mol. The second-order valence-electron chi connectivity index (χ2n) is 4.63. The van der Waals surface area contributed by atoms with Gasteiger partial charge in [0, 0.05) is 23.3 Å². The van der Waals surface area contributed by atoms with Gasteiger partial charge in [-0.25, -0.2) is 0 Å².